The minimum atomic E-state index is -0.498. The first-order chi connectivity index (χ1) is 8.94. The fourth-order valence-electron chi connectivity index (χ4n) is 1.80. The molecule has 0 atom stereocenters. The first-order valence-corrected chi connectivity index (χ1v) is 6.94. The van der Waals surface area contributed by atoms with Gasteiger partial charge in [0.2, 0.25) is 0 Å². The fraction of sp³-hybridized carbons (Fsp3) is 0.857. The van der Waals surface area contributed by atoms with Gasteiger partial charge < -0.3 is 20.1 Å². The van der Waals surface area contributed by atoms with Gasteiger partial charge in [0.05, 0.1) is 0 Å². The molecule has 1 saturated carbocycles. The molecule has 2 N–H and O–H groups in total. The van der Waals surface area contributed by atoms with E-state index in [-0.39, 0.29) is 12.1 Å². The number of carbonyl (C=O) groups is 2. The normalized spacial score (nSPS) is 22.5. The zero-order chi connectivity index (χ0) is 15.6. The fourth-order valence-corrected chi connectivity index (χ4v) is 1.80. The van der Waals surface area contributed by atoms with Crippen LogP contribution in [0.3, 0.4) is 0 Å². The van der Waals surface area contributed by atoms with Gasteiger partial charge in [-0.1, -0.05) is 0 Å². The summed E-state index contributed by atoms with van der Waals surface area (Å²) in [5.74, 6) is 0. The molecule has 0 saturated heterocycles. The maximum Gasteiger partial charge on any atom is 0.407 e. The zero-order valence-electron chi connectivity index (χ0n) is 13.2. The molecular weight excluding hydrogens is 260 g/mol. The largest absolute Gasteiger partial charge is 0.444 e. The van der Waals surface area contributed by atoms with E-state index in [9.17, 15) is 9.59 Å². The van der Waals surface area contributed by atoms with Crippen LogP contribution < -0.4 is 10.6 Å². The maximum atomic E-state index is 11.5. The quantitative estimate of drug-likeness (QED) is 0.818. The van der Waals surface area contributed by atoms with E-state index in [2.05, 4.69) is 10.6 Å². The Morgan fingerprint density at radius 2 is 1.10 bits per heavy atom. The van der Waals surface area contributed by atoms with E-state index in [0.717, 1.165) is 0 Å². The van der Waals surface area contributed by atoms with Crippen molar-refractivity contribution >= 4 is 12.2 Å². The molecule has 0 aromatic rings. The number of carbonyl (C=O) groups excluding carboxylic acids is 2. The van der Waals surface area contributed by atoms with Gasteiger partial charge in [-0.25, -0.2) is 9.59 Å². The van der Waals surface area contributed by atoms with Crippen molar-refractivity contribution in [1.29, 1.82) is 0 Å². The Balaban J connectivity index is 2.20. The first kappa shape index (κ1) is 16.6. The van der Waals surface area contributed by atoms with Crippen LogP contribution in [-0.4, -0.2) is 35.5 Å². The monoisotopic (exact) mass is 286 g/mol. The summed E-state index contributed by atoms with van der Waals surface area (Å²) in [5, 5.41) is 5.54. The Morgan fingerprint density at radius 3 is 1.35 bits per heavy atom. The summed E-state index contributed by atoms with van der Waals surface area (Å²) in [7, 11) is 0. The summed E-state index contributed by atoms with van der Waals surface area (Å²) in [6.45, 7) is 10.9. The van der Waals surface area contributed by atoms with Crippen LogP contribution in [0.15, 0.2) is 0 Å². The van der Waals surface area contributed by atoms with Gasteiger partial charge in [0, 0.05) is 12.1 Å². The van der Waals surface area contributed by atoms with Crippen LogP contribution in [0.5, 0.6) is 0 Å². The van der Waals surface area contributed by atoms with Crippen LogP contribution in [-0.2, 0) is 9.47 Å². The van der Waals surface area contributed by atoms with Gasteiger partial charge in [-0.15, -0.1) is 0 Å². The number of ether oxygens (including phenoxy) is 2. The minimum Gasteiger partial charge on any atom is -0.444 e. The molecule has 0 bridgehead atoms. The first-order valence-electron chi connectivity index (χ1n) is 6.94. The molecule has 2 amide bonds. The lowest BCUT2D eigenvalue weighted by molar-refractivity contribution is 0.0414. The average Bonchev–Trinajstić information content (AvgIpc) is 2.07. The highest BCUT2D eigenvalue weighted by molar-refractivity contribution is 5.69. The molecule has 1 fully saturated rings. The predicted molar refractivity (Wildman–Crippen MR) is 75.5 cm³/mol. The highest BCUT2D eigenvalue weighted by Gasteiger charge is 2.33. The standard InChI is InChI=1S/C14H26N2O4/c1-13(2,3)19-11(17)15-9-7-10(8-9)16-12(18)20-14(4,5)6/h9-10H,7-8H2,1-6H3,(H,15,17)(H,16,18). The second kappa shape index (κ2) is 5.89. The van der Waals surface area contributed by atoms with Gasteiger partial charge in [-0.05, 0) is 54.4 Å². The number of hydrogen-bond donors (Lipinski definition) is 2. The molecule has 0 heterocycles. The molecule has 1 rings (SSSR count). The van der Waals surface area contributed by atoms with E-state index in [1.165, 1.54) is 0 Å². The SMILES string of the molecule is CC(C)(C)OC(=O)NC1CC(NC(=O)OC(C)(C)C)C1. The highest BCUT2D eigenvalue weighted by Crippen LogP contribution is 2.21. The number of rotatable bonds is 2. The summed E-state index contributed by atoms with van der Waals surface area (Å²) >= 11 is 0. The van der Waals surface area contributed by atoms with Crippen LogP contribution in [0.25, 0.3) is 0 Å². The lowest BCUT2D eigenvalue weighted by Crippen LogP contribution is -2.54. The van der Waals surface area contributed by atoms with Crippen LogP contribution in [0, 0.1) is 0 Å². The van der Waals surface area contributed by atoms with Gasteiger partial charge in [-0.2, -0.15) is 0 Å². The maximum absolute atomic E-state index is 11.5. The van der Waals surface area contributed by atoms with E-state index in [1.807, 2.05) is 41.5 Å². The molecule has 0 aliphatic heterocycles. The van der Waals surface area contributed by atoms with Crippen LogP contribution in [0.4, 0.5) is 9.59 Å². The summed E-state index contributed by atoms with van der Waals surface area (Å²) in [6, 6.07) is 0.0922. The second-order valence-corrected chi connectivity index (χ2v) is 7.16. The molecule has 1 aliphatic carbocycles. The number of alkyl carbamates (subject to hydrolysis) is 2. The Kier molecular flexibility index (Phi) is 4.89. The summed E-state index contributed by atoms with van der Waals surface area (Å²) < 4.78 is 10.3. The Labute approximate surface area is 120 Å². The van der Waals surface area contributed by atoms with Crippen LogP contribution in [0.1, 0.15) is 54.4 Å². The zero-order valence-corrected chi connectivity index (χ0v) is 13.2. The molecule has 0 aromatic heterocycles. The van der Waals surface area contributed by atoms with E-state index in [4.69, 9.17) is 9.47 Å². The smallest absolute Gasteiger partial charge is 0.407 e. The van der Waals surface area contributed by atoms with Crippen LogP contribution >= 0.6 is 0 Å². The van der Waals surface area contributed by atoms with Crippen molar-refractivity contribution in [2.45, 2.75) is 77.7 Å². The molecule has 20 heavy (non-hydrogen) atoms. The number of nitrogens with one attached hydrogen (secondary N) is 2. The molecule has 6 nitrogen and oxygen atoms in total. The summed E-state index contributed by atoms with van der Waals surface area (Å²) in [4.78, 5) is 23.1. The van der Waals surface area contributed by atoms with Gasteiger partial charge in [0.15, 0.2) is 0 Å². The van der Waals surface area contributed by atoms with Crippen molar-refractivity contribution in [3.8, 4) is 0 Å². The lowest BCUT2D eigenvalue weighted by atomic mass is 9.87. The summed E-state index contributed by atoms with van der Waals surface area (Å²) in [6.07, 6.45) is 0.549. The molecular formula is C14H26N2O4. The molecule has 1 aliphatic rings. The van der Waals surface area contributed by atoms with Crippen molar-refractivity contribution in [1.82, 2.24) is 10.6 Å². The third kappa shape index (κ3) is 6.63. The average molecular weight is 286 g/mol. The number of hydrogen-bond acceptors (Lipinski definition) is 4. The van der Waals surface area contributed by atoms with E-state index < -0.39 is 23.4 Å². The minimum absolute atomic E-state index is 0.0461. The van der Waals surface area contributed by atoms with Crippen molar-refractivity contribution < 1.29 is 19.1 Å². The molecule has 0 spiro atoms. The van der Waals surface area contributed by atoms with E-state index in [1.54, 1.807) is 0 Å². The molecule has 6 heteroatoms. The molecule has 0 radical (unpaired) electrons. The van der Waals surface area contributed by atoms with Crippen molar-refractivity contribution in [2.24, 2.45) is 0 Å². The Morgan fingerprint density at radius 1 is 0.800 bits per heavy atom. The van der Waals surface area contributed by atoms with Crippen molar-refractivity contribution in [3.05, 3.63) is 0 Å². The summed E-state index contributed by atoms with van der Waals surface area (Å²) in [5.41, 5.74) is -0.996. The molecule has 0 aromatic carbocycles. The van der Waals surface area contributed by atoms with E-state index >= 15 is 0 Å². The lowest BCUT2D eigenvalue weighted by Gasteiger charge is -2.36. The van der Waals surface area contributed by atoms with Crippen LogP contribution in [0.2, 0.25) is 0 Å². The van der Waals surface area contributed by atoms with Gasteiger partial charge >= 0.3 is 12.2 Å². The molecule has 0 unspecified atom stereocenters. The number of amides is 2. The van der Waals surface area contributed by atoms with Gasteiger partial charge in [-0.3, -0.25) is 0 Å². The van der Waals surface area contributed by atoms with Gasteiger partial charge in [0.1, 0.15) is 11.2 Å². The Hall–Kier alpha value is -1.46. The third-order valence-electron chi connectivity index (χ3n) is 2.58. The Bertz CT molecular complexity index is 328. The van der Waals surface area contributed by atoms with E-state index in [0.29, 0.717) is 12.8 Å². The molecule has 116 valence electrons. The van der Waals surface area contributed by atoms with Crippen molar-refractivity contribution in [2.75, 3.05) is 0 Å². The van der Waals surface area contributed by atoms with Crippen molar-refractivity contribution in [3.63, 3.8) is 0 Å². The predicted octanol–water partition coefficient (Wildman–Crippen LogP) is 2.57. The topological polar surface area (TPSA) is 76.7 Å². The van der Waals surface area contributed by atoms with Gasteiger partial charge in [0.25, 0.3) is 0 Å². The highest BCUT2D eigenvalue weighted by atomic mass is 16.6. The third-order valence-corrected chi connectivity index (χ3v) is 2.58. The second-order valence-electron chi connectivity index (χ2n) is 7.16.